The van der Waals surface area contributed by atoms with Crippen LogP contribution in [0.3, 0.4) is 0 Å². The standard InChI is InChI=1S/C5H11N3S/c1-3-2-4(3)7-5(9)8-6/h3-4H,2,6H2,1H3,(H2,7,8,9). The normalized spacial score (nSPS) is 31.3. The van der Waals surface area contributed by atoms with E-state index in [1.165, 1.54) is 6.42 Å². The zero-order valence-corrected chi connectivity index (χ0v) is 6.16. The fraction of sp³-hybridized carbons (Fsp3) is 0.800. The minimum absolute atomic E-state index is 0.546. The van der Waals surface area contributed by atoms with Gasteiger partial charge >= 0.3 is 0 Å². The summed E-state index contributed by atoms with van der Waals surface area (Å²) in [5.74, 6) is 5.80. The van der Waals surface area contributed by atoms with Crippen molar-refractivity contribution < 1.29 is 0 Å². The van der Waals surface area contributed by atoms with Crippen LogP contribution in [0.15, 0.2) is 0 Å². The van der Waals surface area contributed by atoms with Crippen molar-refractivity contribution in [3.8, 4) is 0 Å². The van der Waals surface area contributed by atoms with E-state index in [1.807, 2.05) is 0 Å². The molecule has 0 heterocycles. The highest BCUT2D eigenvalue weighted by Gasteiger charge is 2.32. The minimum atomic E-state index is 0.546. The van der Waals surface area contributed by atoms with Gasteiger partial charge in [-0.05, 0) is 24.6 Å². The van der Waals surface area contributed by atoms with E-state index in [9.17, 15) is 0 Å². The molecule has 1 aliphatic carbocycles. The Morgan fingerprint density at radius 1 is 1.78 bits per heavy atom. The number of hydrogen-bond acceptors (Lipinski definition) is 2. The van der Waals surface area contributed by atoms with Gasteiger partial charge in [0.2, 0.25) is 0 Å². The Kier molecular flexibility index (Phi) is 1.87. The Labute approximate surface area is 60.0 Å². The van der Waals surface area contributed by atoms with Crippen molar-refractivity contribution in [2.24, 2.45) is 11.8 Å². The molecule has 0 spiro atoms. The highest BCUT2D eigenvalue weighted by atomic mass is 32.1. The highest BCUT2D eigenvalue weighted by Crippen LogP contribution is 2.28. The van der Waals surface area contributed by atoms with E-state index in [4.69, 9.17) is 18.1 Å². The second-order valence-corrected chi connectivity index (χ2v) is 2.85. The third kappa shape index (κ3) is 1.80. The molecule has 3 nitrogen and oxygen atoms in total. The van der Waals surface area contributed by atoms with Gasteiger partial charge in [-0.15, -0.1) is 0 Å². The monoisotopic (exact) mass is 145 g/mol. The summed E-state index contributed by atoms with van der Waals surface area (Å²) in [6, 6.07) is 0.563. The number of thiocarbonyl (C=S) groups is 1. The number of nitrogens with two attached hydrogens (primary N) is 1. The maximum atomic E-state index is 5.04. The van der Waals surface area contributed by atoms with Crippen LogP contribution in [-0.2, 0) is 0 Å². The summed E-state index contributed by atoms with van der Waals surface area (Å²) in [5, 5.41) is 3.59. The molecule has 4 N–H and O–H groups in total. The van der Waals surface area contributed by atoms with Crippen LogP contribution in [0.1, 0.15) is 13.3 Å². The second-order valence-electron chi connectivity index (χ2n) is 2.44. The van der Waals surface area contributed by atoms with Crippen molar-refractivity contribution in [2.75, 3.05) is 0 Å². The average molecular weight is 145 g/mol. The Morgan fingerprint density at radius 2 is 2.33 bits per heavy atom. The first kappa shape index (κ1) is 6.77. The third-order valence-corrected chi connectivity index (χ3v) is 1.79. The smallest absolute Gasteiger partial charge is 0.180 e. The largest absolute Gasteiger partial charge is 0.359 e. The number of hydrogen-bond donors (Lipinski definition) is 3. The van der Waals surface area contributed by atoms with Gasteiger partial charge < -0.3 is 10.7 Å². The summed E-state index contributed by atoms with van der Waals surface area (Å²) in [7, 11) is 0. The SMILES string of the molecule is CC1CC1NC(=S)NN. The van der Waals surface area contributed by atoms with Gasteiger partial charge in [0.1, 0.15) is 0 Å². The average Bonchev–Trinajstić information content (AvgIpc) is 2.47. The maximum Gasteiger partial charge on any atom is 0.180 e. The first-order chi connectivity index (χ1) is 4.24. The fourth-order valence-corrected chi connectivity index (χ4v) is 0.885. The van der Waals surface area contributed by atoms with Gasteiger partial charge in [-0.25, -0.2) is 5.84 Å². The molecule has 0 saturated heterocycles. The Balaban J connectivity index is 2.12. The van der Waals surface area contributed by atoms with E-state index in [0.29, 0.717) is 11.2 Å². The van der Waals surface area contributed by atoms with E-state index < -0.39 is 0 Å². The van der Waals surface area contributed by atoms with Crippen molar-refractivity contribution in [3.05, 3.63) is 0 Å². The molecule has 9 heavy (non-hydrogen) atoms. The number of hydrazine groups is 1. The molecule has 4 heteroatoms. The molecule has 0 aliphatic heterocycles. The zero-order chi connectivity index (χ0) is 6.85. The van der Waals surface area contributed by atoms with Gasteiger partial charge in [-0.2, -0.15) is 0 Å². The summed E-state index contributed by atoms with van der Waals surface area (Å²) in [4.78, 5) is 0. The van der Waals surface area contributed by atoms with Crippen LogP contribution in [-0.4, -0.2) is 11.2 Å². The molecule has 1 fully saturated rings. The van der Waals surface area contributed by atoms with Gasteiger partial charge in [-0.3, -0.25) is 0 Å². The summed E-state index contributed by atoms with van der Waals surface area (Å²) in [6.07, 6.45) is 1.21. The lowest BCUT2D eigenvalue weighted by Crippen LogP contribution is -2.41. The topological polar surface area (TPSA) is 50.1 Å². The van der Waals surface area contributed by atoms with Crippen LogP contribution in [0.5, 0.6) is 0 Å². The molecule has 52 valence electrons. The van der Waals surface area contributed by atoms with Crippen molar-refractivity contribution in [3.63, 3.8) is 0 Å². The summed E-state index contributed by atoms with van der Waals surface area (Å²) in [5.41, 5.74) is 2.38. The molecular formula is C5H11N3S. The van der Waals surface area contributed by atoms with Crippen LogP contribution in [0.25, 0.3) is 0 Å². The van der Waals surface area contributed by atoms with Gasteiger partial charge in [-0.1, -0.05) is 6.92 Å². The molecule has 1 saturated carbocycles. The summed E-state index contributed by atoms with van der Waals surface area (Å²) < 4.78 is 0. The molecule has 0 radical (unpaired) electrons. The molecule has 2 unspecified atom stereocenters. The van der Waals surface area contributed by atoms with E-state index in [2.05, 4.69) is 17.7 Å². The number of nitrogens with one attached hydrogen (secondary N) is 2. The molecular weight excluding hydrogens is 134 g/mol. The van der Waals surface area contributed by atoms with Crippen LogP contribution >= 0.6 is 12.2 Å². The Morgan fingerprint density at radius 3 is 2.67 bits per heavy atom. The molecule has 0 aromatic carbocycles. The predicted molar refractivity (Wildman–Crippen MR) is 40.6 cm³/mol. The Hall–Kier alpha value is -0.350. The van der Waals surface area contributed by atoms with E-state index in [1.54, 1.807) is 0 Å². The van der Waals surface area contributed by atoms with Crippen molar-refractivity contribution >= 4 is 17.3 Å². The van der Waals surface area contributed by atoms with Crippen LogP contribution in [0, 0.1) is 5.92 Å². The molecule has 0 bridgehead atoms. The molecule has 0 aromatic rings. The van der Waals surface area contributed by atoms with Gasteiger partial charge in [0.25, 0.3) is 0 Å². The first-order valence-electron chi connectivity index (χ1n) is 3.01. The molecule has 1 aliphatic rings. The molecule has 0 amide bonds. The molecule has 0 aromatic heterocycles. The minimum Gasteiger partial charge on any atom is -0.359 e. The second kappa shape index (κ2) is 2.49. The quantitative estimate of drug-likeness (QED) is 0.270. The van der Waals surface area contributed by atoms with Gasteiger partial charge in [0.05, 0.1) is 0 Å². The lowest BCUT2D eigenvalue weighted by molar-refractivity contribution is 0.793. The van der Waals surface area contributed by atoms with E-state index >= 15 is 0 Å². The van der Waals surface area contributed by atoms with Crippen LogP contribution < -0.4 is 16.6 Å². The van der Waals surface area contributed by atoms with Crippen molar-refractivity contribution in [2.45, 2.75) is 19.4 Å². The predicted octanol–water partition coefficient (Wildman–Crippen LogP) is -0.267. The van der Waals surface area contributed by atoms with Gasteiger partial charge in [0, 0.05) is 6.04 Å². The van der Waals surface area contributed by atoms with Crippen molar-refractivity contribution in [1.82, 2.24) is 10.7 Å². The highest BCUT2D eigenvalue weighted by molar-refractivity contribution is 7.80. The summed E-state index contributed by atoms with van der Waals surface area (Å²) in [6.45, 7) is 2.18. The Bertz CT molecular complexity index is 125. The van der Waals surface area contributed by atoms with Crippen molar-refractivity contribution in [1.29, 1.82) is 0 Å². The van der Waals surface area contributed by atoms with Crippen LogP contribution in [0.4, 0.5) is 0 Å². The zero-order valence-electron chi connectivity index (χ0n) is 5.35. The fourth-order valence-electron chi connectivity index (χ4n) is 0.733. The number of rotatable bonds is 1. The molecule has 1 rings (SSSR count). The first-order valence-corrected chi connectivity index (χ1v) is 3.42. The van der Waals surface area contributed by atoms with E-state index in [0.717, 1.165) is 5.92 Å². The summed E-state index contributed by atoms with van der Waals surface area (Å²) >= 11 is 4.78. The van der Waals surface area contributed by atoms with E-state index in [-0.39, 0.29) is 0 Å². The maximum absolute atomic E-state index is 5.04. The lowest BCUT2D eigenvalue weighted by atomic mass is 10.5. The third-order valence-electron chi connectivity index (χ3n) is 1.56. The lowest BCUT2D eigenvalue weighted by Gasteiger charge is -2.03. The van der Waals surface area contributed by atoms with Gasteiger partial charge in [0.15, 0.2) is 5.11 Å². The molecule has 2 atom stereocenters. The van der Waals surface area contributed by atoms with Crippen LogP contribution in [0.2, 0.25) is 0 Å².